The Kier molecular flexibility index (Phi) is 2.48. The number of hydrogen-bond donors (Lipinski definition) is 0. The maximum absolute atomic E-state index is 13.9. The van der Waals surface area contributed by atoms with Crippen LogP contribution in [0.4, 0.5) is 17.6 Å². The molecule has 0 nitrogen and oxygen atoms in total. The van der Waals surface area contributed by atoms with Gasteiger partial charge >= 0.3 is 0 Å². The summed E-state index contributed by atoms with van der Waals surface area (Å²) in [6.07, 6.45) is 1.48. The molecule has 1 aromatic carbocycles. The van der Waals surface area contributed by atoms with Gasteiger partial charge in [0.1, 0.15) is 0 Å². The maximum Gasteiger partial charge on any atom is 0.197 e. The fourth-order valence-electron chi connectivity index (χ4n) is 4.02. The second-order valence-corrected chi connectivity index (χ2v) is 5.69. The van der Waals surface area contributed by atoms with E-state index in [-0.39, 0.29) is 34.8 Å². The van der Waals surface area contributed by atoms with Gasteiger partial charge in [-0.25, -0.2) is 17.6 Å². The first-order chi connectivity index (χ1) is 8.45. The molecule has 0 N–H and O–H groups in total. The molecule has 2 unspecified atom stereocenters. The lowest BCUT2D eigenvalue weighted by atomic mass is 9.85. The quantitative estimate of drug-likeness (QED) is 0.395. The zero-order valence-electron chi connectivity index (χ0n) is 10.2. The molecule has 0 aliphatic heterocycles. The van der Waals surface area contributed by atoms with Crippen molar-refractivity contribution in [2.75, 3.05) is 0 Å². The van der Waals surface area contributed by atoms with Crippen LogP contribution in [-0.4, -0.2) is 0 Å². The van der Waals surface area contributed by atoms with Crippen LogP contribution in [0, 0.1) is 35.1 Å². The molecule has 3 rings (SSSR count). The summed E-state index contributed by atoms with van der Waals surface area (Å²) in [6.45, 7) is 3.98. The van der Waals surface area contributed by atoms with Crippen molar-refractivity contribution in [3.63, 3.8) is 0 Å². The van der Waals surface area contributed by atoms with Gasteiger partial charge in [-0.2, -0.15) is 0 Å². The van der Waals surface area contributed by atoms with E-state index in [1.807, 2.05) is 13.8 Å². The zero-order chi connectivity index (χ0) is 13.2. The highest BCUT2D eigenvalue weighted by molar-refractivity contribution is 5.45. The Labute approximate surface area is 103 Å². The Hall–Kier alpha value is -1.06. The predicted molar refractivity (Wildman–Crippen MR) is 59.3 cm³/mol. The van der Waals surface area contributed by atoms with E-state index in [9.17, 15) is 17.6 Å². The fraction of sp³-hybridized carbons (Fsp3) is 0.571. The zero-order valence-corrected chi connectivity index (χ0v) is 10.2. The van der Waals surface area contributed by atoms with E-state index in [0.717, 1.165) is 12.8 Å². The molecular formula is C14H14F4. The third-order valence-corrected chi connectivity index (χ3v) is 4.57. The molecule has 0 spiro atoms. The van der Waals surface area contributed by atoms with Crippen molar-refractivity contribution >= 4 is 0 Å². The number of rotatable bonds is 1. The summed E-state index contributed by atoms with van der Waals surface area (Å²) in [5.74, 6) is -5.65. The molecule has 18 heavy (non-hydrogen) atoms. The van der Waals surface area contributed by atoms with E-state index >= 15 is 0 Å². The van der Waals surface area contributed by atoms with Crippen LogP contribution < -0.4 is 0 Å². The van der Waals surface area contributed by atoms with E-state index in [1.165, 1.54) is 0 Å². The molecule has 2 aliphatic carbocycles. The molecule has 0 radical (unpaired) electrons. The Morgan fingerprint density at radius 3 is 1.50 bits per heavy atom. The fourth-order valence-corrected chi connectivity index (χ4v) is 4.02. The van der Waals surface area contributed by atoms with Gasteiger partial charge < -0.3 is 0 Å². The largest absolute Gasteiger partial charge is 0.203 e. The first-order valence-electron chi connectivity index (χ1n) is 6.30. The number of benzene rings is 1. The summed E-state index contributed by atoms with van der Waals surface area (Å²) in [7, 11) is 0. The monoisotopic (exact) mass is 258 g/mol. The lowest BCUT2D eigenvalue weighted by Crippen LogP contribution is -2.11. The molecule has 0 heterocycles. The topological polar surface area (TPSA) is 0 Å². The lowest BCUT2D eigenvalue weighted by Gasteiger charge is -2.19. The van der Waals surface area contributed by atoms with Gasteiger partial charge in [0.15, 0.2) is 23.3 Å². The standard InChI is InChI=1S/C14H14F4/c1-5(2)8-6-3-4-7(8)10-9(6)11(15)13(17)14(18)12(10)16/h5-8H,3-4H2,1-2H3. The molecule has 1 fully saturated rings. The Morgan fingerprint density at radius 1 is 0.778 bits per heavy atom. The van der Waals surface area contributed by atoms with Gasteiger partial charge in [-0.15, -0.1) is 0 Å². The smallest absolute Gasteiger partial charge is 0.197 e. The van der Waals surface area contributed by atoms with Crippen molar-refractivity contribution in [2.24, 2.45) is 11.8 Å². The van der Waals surface area contributed by atoms with Crippen molar-refractivity contribution in [3.05, 3.63) is 34.4 Å². The second kappa shape index (κ2) is 3.72. The lowest BCUT2D eigenvalue weighted by molar-refractivity contribution is 0.347. The first kappa shape index (κ1) is 12.0. The SMILES string of the molecule is CC(C)C1C2CCC1c1c(F)c(F)c(F)c(F)c12. The third kappa shape index (κ3) is 1.26. The highest BCUT2D eigenvalue weighted by Gasteiger charge is 2.51. The van der Waals surface area contributed by atoms with Crippen molar-refractivity contribution in [1.82, 2.24) is 0 Å². The molecule has 0 saturated heterocycles. The Bertz CT molecular complexity index is 478. The van der Waals surface area contributed by atoms with Crippen LogP contribution in [0.5, 0.6) is 0 Å². The summed E-state index contributed by atoms with van der Waals surface area (Å²) in [5, 5.41) is 0. The van der Waals surface area contributed by atoms with Crippen LogP contribution in [0.25, 0.3) is 0 Å². The number of fused-ring (bicyclic) bond motifs is 5. The van der Waals surface area contributed by atoms with Crippen molar-refractivity contribution in [3.8, 4) is 0 Å². The van der Waals surface area contributed by atoms with Gasteiger partial charge in [0.2, 0.25) is 0 Å². The van der Waals surface area contributed by atoms with Gasteiger partial charge in [0.25, 0.3) is 0 Å². The van der Waals surface area contributed by atoms with Crippen molar-refractivity contribution in [2.45, 2.75) is 38.5 Å². The summed E-state index contributed by atoms with van der Waals surface area (Å²) in [6, 6.07) is 0. The van der Waals surface area contributed by atoms with Gasteiger partial charge in [0.05, 0.1) is 0 Å². The van der Waals surface area contributed by atoms with Crippen LogP contribution in [0.2, 0.25) is 0 Å². The summed E-state index contributed by atoms with van der Waals surface area (Å²) in [5.41, 5.74) is 0.197. The van der Waals surface area contributed by atoms with Crippen LogP contribution in [0.1, 0.15) is 49.7 Å². The minimum absolute atomic E-state index is 0.0985. The second-order valence-electron chi connectivity index (χ2n) is 5.69. The summed E-state index contributed by atoms with van der Waals surface area (Å²) < 4.78 is 54.3. The molecule has 0 amide bonds. The summed E-state index contributed by atoms with van der Waals surface area (Å²) in [4.78, 5) is 0. The van der Waals surface area contributed by atoms with Gasteiger partial charge in [-0.1, -0.05) is 13.8 Å². The van der Waals surface area contributed by atoms with Crippen molar-refractivity contribution < 1.29 is 17.6 Å². The maximum atomic E-state index is 13.9. The number of halogens is 4. The molecule has 2 atom stereocenters. The molecule has 1 saturated carbocycles. The molecule has 2 bridgehead atoms. The van der Waals surface area contributed by atoms with Gasteiger partial charge in [-0.05, 0) is 36.5 Å². The van der Waals surface area contributed by atoms with E-state index in [1.54, 1.807) is 0 Å². The average molecular weight is 258 g/mol. The van der Waals surface area contributed by atoms with Crippen LogP contribution in [-0.2, 0) is 0 Å². The highest BCUT2D eigenvalue weighted by Crippen LogP contribution is 2.61. The van der Waals surface area contributed by atoms with Crippen LogP contribution in [0.3, 0.4) is 0 Å². The predicted octanol–water partition coefficient (Wildman–Crippen LogP) is 4.49. The average Bonchev–Trinajstić information content (AvgIpc) is 2.88. The van der Waals surface area contributed by atoms with Crippen LogP contribution in [0.15, 0.2) is 0 Å². The molecule has 98 valence electrons. The van der Waals surface area contributed by atoms with Crippen LogP contribution >= 0.6 is 0 Å². The molecule has 4 heteroatoms. The van der Waals surface area contributed by atoms with E-state index in [2.05, 4.69) is 0 Å². The van der Waals surface area contributed by atoms with E-state index in [4.69, 9.17) is 0 Å². The van der Waals surface area contributed by atoms with Crippen molar-refractivity contribution in [1.29, 1.82) is 0 Å². The molecule has 0 aromatic heterocycles. The number of hydrogen-bond acceptors (Lipinski definition) is 0. The Morgan fingerprint density at radius 2 is 1.17 bits per heavy atom. The Balaban J connectivity index is 2.26. The van der Waals surface area contributed by atoms with Gasteiger partial charge in [-0.3, -0.25) is 0 Å². The molecule has 2 aliphatic rings. The van der Waals surface area contributed by atoms with E-state index in [0.29, 0.717) is 0 Å². The highest BCUT2D eigenvalue weighted by atomic mass is 19.2. The minimum Gasteiger partial charge on any atom is -0.203 e. The molecule has 1 aromatic rings. The summed E-state index contributed by atoms with van der Waals surface area (Å²) >= 11 is 0. The third-order valence-electron chi connectivity index (χ3n) is 4.57. The van der Waals surface area contributed by atoms with Gasteiger partial charge in [0, 0.05) is 11.1 Å². The minimum atomic E-state index is -1.67. The normalized spacial score (nSPS) is 29.2. The molecular weight excluding hydrogens is 244 g/mol. The first-order valence-corrected chi connectivity index (χ1v) is 6.30. The van der Waals surface area contributed by atoms with E-state index < -0.39 is 23.3 Å².